The lowest BCUT2D eigenvalue weighted by atomic mass is 10.1. The zero-order chi connectivity index (χ0) is 19.3. The SMILES string of the molecule is Cc1ccc(-c2nc3ccccc3o2)cc1NC(=O)CCCc1ccccc1. The molecular weight excluding hydrogens is 348 g/mol. The van der Waals surface area contributed by atoms with E-state index >= 15 is 0 Å². The highest BCUT2D eigenvalue weighted by atomic mass is 16.3. The fraction of sp³-hybridized carbons (Fsp3) is 0.167. The van der Waals surface area contributed by atoms with Gasteiger partial charge in [-0.25, -0.2) is 4.98 Å². The van der Waals surface area contributed by atoms with Crippen molar-refractivity contribution >= 4 is 22.7 Å². The molecule has 0 aliphatic rings. The maximum atomic E-state index is 12.4. The Morgan fingerprint density at radius 3 is 2.61 bits per heavy atom. The number of amides is 1. The van der Waals surface area contributed by atoms with Gasteiger partial charge in [0.2, 0.25) is 11.8 Å². The van der Waals surface area contributed by atoms with Gasteiger partial charge in [0.05, 0.1) is 0 Å². The molecule has 0 bridgehead atoms. The Kier molecular flexibility index (Phi) is 5.20. The topological polar surface area (TPSA) is 55.1 Å². The second-order valence-corrected chi connectivity index (χ2v) is 6.90. The number of aromatic nitrogens is 1. The number of nitrogens with one attached hydrogen (secondary N) is 1. The van der Waals surface area contributed by atoms with Gasteiger partial charge in [-0.1, -0.05) is 48.5 Å². The molecule has 0 radical (unpaired) electrons. The largest absolute Gasteiger partial charge is 0.436 e. The monoisotopic (exact) mass is 370 g/mol. The van der Waals surface area contributed by atoms with Crippen molar-refractivity contribution in [3.05, 3.63) is 83.9 Å². The van der Waals surface area contributed by atoms with Gasteiger partial charge < -0.3 is 9.73 Å². The molecule has 0 unspecified atom stereocenters. The van der Waals surface area contributed by atoms with Gasteiger partial charge in [-0.2, -0.15) is 0 Å². The molecule has 0 saturated heterocycles. The second kappa shape index (κ2) is 8.09. The molecule has 1 aromatic heterocycles. The van der Waals surface area contributed by atoms with E-state index in [0.717, 1.165) is 40.8 Å². The maximum absolute atomic E-state index is 12.4. The Balaban J connectivity index is 1.44. The molecule has 1 N–H and O–H groups in total. The van der Waals surface area contributed by atoms with E-state index in [1.807, 2.05) is 67.6 Å². The normalized spacial score (nSPS) is 10.9. The maximum Gasteiger partial charge on any atom is 0.227 e. The third-order valence-corrected chi connectivity index (χ3v) is 4.76. The van der Waals surface area contributed by atoms with Crippen LogP contribution in [0, 0.1) is 6.92 Å². The van der Waals surface area contributed by atoms with Crippen molar-refractivity contribution < 1.29 is 9.21 Å². The van der Waals surface area contributed by atoms with E-state index in [1.165, 1.54) is 5.56 Å². The number of carbonyl (C=O) groups is 1. The fourth-order valence-corrected chi connectivity index (χ4v) is 3.20. The standard InChI is InChI=1S/C24H22N2O2/c1-17-14-15-19(24-26-20-11-5-6-12-22(20)28-24)16-21(17)25-23(27)13-7-10-18-8-3-2-4-9-18/h2-6,8-9,11-12,14-16H,7,10,13H2,1H3,(H,25,27). The number of anilines is 1. The van der Waals surface area contributed by atoms with Gasteiger partial charge in [0, 0.05) is 17.7 Å². The van der Waals surface area contributed by atoms with Crippen LogP contribution in [0.4, 0.5) is 5.69 Å². The molecule has 28 heavy (non-hydrogen) atoms. The summed E-state index contributed by atoms with van der Waals surface area (Å²) in [5.74, 6) is 0.578. The Morgan fingerprint density at radius 2 is 1.79 bits per heavy atom. The average molecular weight is 370 g/mol. The minimum Gasteiger partial charge on any atom is -0.436 e. The van der Waals surface area contributed by atoms with Crippen LogP contribution in [-0.4, -0.2) is 10.9 Å². The third kappa shape index (κ3) is 4.12. The van der Waals surface area contributed by atoms with E-state index in [-0.39, 0.29) is 5.91 Å². The summed E-state index contributed by atoms with van der Waals surface area (Å²) in [4.78, 5) is 16.9. The lowest BCUT2D eigenvalue weighted by Crippen LogP contribution is -2.12. The van der Waals surface area contributed by atoms with Crippen molar-refractivity contribution in [2.45, 2.75) is 26.2 Å². The smallest absolute Gasteiger partial charge is 0.227 e. The van der Waals surface area contributed by atoms with Gasteiger partial charge in [0.15, 0.2) is 5.58 Å². The molecule has 4 aromatic rings. The number of hydrogen-bond acceptors (Lipinski definition) is 3. The summed E-state index contributed by atoms with van der Waals surface area (Å²) in [6, 6.07) is 23.8. The molecule has 1 amide bonds. The number of aryl methyl sites for hydroxylation is 2. The van der Waals surface area contributed by atoms with Crippen LogP contribution in [0.2, 0.25) is 0 Å². The molecule has 0 fully saturated rings. The number of carbonyl (C=O) groups excluding carboxylic acids is 1. The summed E-state index contributed by atoms with van der Waals surface area (Å²) in [5.41, 5.74) is 5.49. The van der Waals surface area contributed by atoms with Crippen LogP contribution in [0.15, 0.2) is 77.2 Å². The summed E-state index contributed by atoms with van der Waals surface area (Å²) in [7, 11) is 0. The quantitative estimate of drug-likeness (QED) is 0.469. The Bertz CT molecular complexity index is 1070. The van der Waals surface area contributed by atoms with E-state index in [2.05, 4.69) is 22.4 Å². The first-order valence-electron chi connectivity index (χ1n) is 9.49. The molecule has 0 aliphatic heterocycles. The van der Waals surface area contributed by atoms with Crippen molar-refractivity contribution in [3.8, 4) is 11.5 Å². The van der Waals surface area contributed by atoms with E-state index in [0.29, 0.717) is 12.3 Å². The number of para-hydroxylation sites is 2. The molecule has 140 valence electrons. The lowest BCUT2D eigenvalue weighted by Gasteiger charge is -2.10. The van der Waals surface area contributed by atoms with Gasteiger partial charge >= 0.3 is 0 Å². The zero-order valence-electron chi connectivity index (χ0n) is 15.8. The second-order valence-electron chi connectivity index (χ2n) is 6.90. The number of benzene rings is 3. The summed E-state index contributed by atoms with van der Waals surface area (Å²) in [6.07, 6.45) is 2.21. The van der Waals surface area contributed by atoms with Crippen LogP contribution in [0.5, 0.6) is 0 Å². The van der Waals surface area contributed by atoms with Crippen LogP contribution in [0.3, 0.4) is 0 Å². The Morgan fingerprint density at radius 1 is 1.00 bits per heavy atom. The Hall–Kier alpha value is -3.40. The average Bonchev–Trinajstić information content (AvgIpc) is 3.15. The molecule has 0 atom stereocenters. The lowest BCUT2D eigenvalue weighted by molar-refractivity contribution is -0.116. The van der Waals surface area contributed by atoms with Gasteiger partial charge in [0.1, 0.15) is 5.52 Å². The molecule has 4 nitrogen and oxygen atoms in total. The van der Waals surface area contributed by atoms with E-state index in [9.17, 15) is 4.79 Å². The molecular formula is C24H22N2O2. The van der Waals surface area contributed by atoms with E-state index < -0.39 is 0 Å². The first-order chi connectivity index (χ1) is 13.7. The van der Waals surface area contributed by atoms with E-state index in [1.54, 1.807) is 0 Å². The number of rotatable bonds is 6. The number of nitrogens with zero attached hydrogens (tertiary/aromatic N) is 1. The Labute approximate surface area is 164 Å². The van der Waals surface area contributed by atoms with Crippen LogP contribution in [0.25, 0.3) is 22.6 Å². The first-order valence-corrected chi connectivity index (χ1v) is 9.49. The molecule has 1 heterocycles. The van der Waals surface area contributed by atoms with Gasteiger partial charge in [-0.3, -0.25) is 4.79 Å². The van der Waals surface area contributed by atoms with Crippen molar-refractivity contribution in [2.75, 3.05) is 5.32 Å². The van der Waals surface area contributed by atoms with Crippen molar-refractivity contribution in [2.24, 2.45) is 0 Å². The first kappa shape index (κ1) is 18.0. The van der Waals surface area contributed by atoms with Crippen molar-refractivity contribution in [1.82, 2.24) is 4.98 Å². The van der Waals surface area contributed by atoms with Gasteiger partial charge in [-0.15, -0.1) is 0 Å². The summed E-state index contributed by atoms with van der Waals surface area (Å²) in [6.45, 7) is 1.98. The molecule has 0 aliphatic carbocycles. The van der Waals surface area contributed by atoms with Crippen molar-refractivity contribution in [1.29, 1.82) is 0 Å². The fourth-order valence-electron chi connectivity index (χ4n) is 3.20. The highest BCUT2D eigenvalue weighted by Crippen LogP contribution is 2.28. The van der Waals surface area contributed by atoms with E-state index in [4.69, 9.17) is 4.42 Å². The zero-order valence-corrected chi connectivity index (χ0v) is 15.8. The van der Waals surface area contributed by atoms with Crippen LogP contribution >= 0.6 is 0 Å². The van der Waals surface area contributed by atoms with Crippen LogP contribution in [-0.2, 0) is 11.2 Å². The number of fused-ring (bicyclic) bond motifs is 1. The molecule has 3 aromatic carbocycles. The van der Waals surface area contributed by atoms with Gasteiger partial charge in [-0.05, 0) is 55.2 Å². The number of oxazole rings is 1. The third-order valence-electron chi connectivity index (χ3n) is 4.76. The highest BCUT2D eigenvalue weighted by Gasteiger charge is 2.11. The van der Waals surface area contributed by atoms with Crippen molar-refractivity contribution in [3.63, 3.8) is 0 Å². The minimum atomic E-state index is 0.0220. The molecule has 4 heteroatoms. The number of hydrogen-bond donors (Lipinski definition) is 1. The van der Waals surface area contributed by atoms with Crippen LogP contribution in [0.1, 0.15) is 24.0 Å². The van der Waals surface area contributed by atoms with Gasteiger partial charge in [0.25, 0.3) is 0 Å². The summed E-state index contributed by atoms with van der Waals surface area (Å²) in [5, 5.41) is 3.03. The molecule has 0 saturated carbocycles. The predicted octanol–water partition coefficient (Wildman–Crippen LogP) is 5.76. The predicted molar refractivity (Wildman–Crippen MR) is 112 cm³/mol. The minimum absolute atomic E-state index is 0.0220. The highest BCUT2D eigenvalue weighted by molar-refractivity contribution is 5.92. The molecule has 4 rings (SSSR count). The van der Waals surface area contributed by atoms with Crippen LogP contribution < -0.4 is 5.32 Å². The molecule has 0 spiro atoms. The summed E-state index contributed by atoms with van der Waals surface area (Å²) >= 11 is 0. The summed E-state index contributed by atoms with van der Waals surface area (Å²) < 4.78 is 5.84.